The van der Waals surface area contributed by atoms with Crippen molar-refractivity contribution in [1.29, 1.82) is 0 Å². The summed E-state index contributed by atoms with van der Waals surface area (Å²) in [7, 11) is -7.51. The van der Waals surface area contributed by atoms with Gasteiger partial charge in [0.2, 0.25) is 10.0 Å². The zero-order valence-corrected chi connectivity index (χ0v) is 15.2. The number of piperidine rings is 1. The van der Waals surface area contributed by atoms with E-state index in [-0.39, 0.29) is 22.8 Å². The smallest absolute Gasteiger partial charge is 0.304 e. The maximum Gasteiger partial charge on any atom is 0.304 e. The fourth-order valence-electron chi connectivity index (χ4n) is 2.91. The highest BCUT2D eigenvalue weighted by Gasteiger charge is 2.35. The summed E-state index contributed by atoms with van der Waals surface area (Å²) in [6.45, 7) is 1.83. The van der Waals surface area contributed by atoms with Crippen LogP contribution in [0.3, 0.4) is 0 Å². The lowest BCUT2D eigenvalue weighted by Crippen LogP contribution is -2.44. The van der Waals surface area contributed by atoms with E-state index in [2.05, 4.69) is 0 Å². The SMILES string of the molecule is Cc1ccc(S(C)(=O)=O)cc1S(=O)(=O)N1CCCCC1CC(=O)O. The van der Waals surface area contributed by atoms with E-state index in [4.69, 9.17) is 5.11 Å². The summed E-state index contributed by atoms with van der Waals surface area (Å²) in [6.07, 6.45) is 2.66. The summed E-state index contributed by atoms with van der Waals surface area (Å²) in [5.41, 5.74) is 0.432. The highest BCUT2D eigenvalue weighted by molar-refractivity contribution is 7.91. The largest absolute Gasteiger partial charge is 0.481 e. The van der Waals surface area contributed by atoms with Crippen molar-refractivity contribution in [2.45, 2.75) is 48.4 Å². The molecule has 0 amide bonds. The lowest BCUT2D eigenvalue weighted by atomic mass is 10.0. The Hall–Kier alpha value is -1.45. The Kier molecular flexibility index (Phi) is 5.36. The summed E-state index contributed by atoms with van der Waals surface area (Å²) in [5.74, 6) is -1.05. The minimum absolute atomic E-state index is 0.0709. The monoisotopic (exact) mass is 375 g/mol. The number of carboxylic acid groups (broad SMARTS) is 1. The quantitative estimate of drug-likeness (QED) is 0.833. The van der Waals surface area contributed by atoms with Crippen LogP contribution in [-0.2, 0) is 24.7 Å². The number of aryl methyl sites for hydroxylation is 1. The Morgan fingerprint density at radius 1 is 1.25 bits per heavy atom. The van der Waals surface area contributed by atoms with Crippen molar-refractivity contribution in [3.05, 3.63) is 23.8 Å². The maximum absolute atomic E-state index is 13.0. The third-order valence-corrected chi connectivity index (χ3v) is 7.36. The van der Waals surface area contributed by atoms with Gasteiger partial charge in [-0.05, 0) is 37.5 Å². The molecule has 1 atom stereocenters. The molecule has 0 radical (unpaired) electrons. The first-order chi connectivity index (χ1) is 11.0. The molecule has 1 saturated heterocycles. The van der Waals surface area contributed by atoms with E-state index in [0.717, 1.165) is 18.7 Å². The van der Waals surface area contributed by atoms with Crippen LogP contribution in [0.5, 0.6) is 0 Å². The van der Waals surface area contributed by atoms with E-state index >= 15 is 0 Å². The molecule has 1 N–H and O–H groups in total. The predicted molar refractivity (Wildman–Crippen MR) is 88.1 cm³/mol. The Morgan fingerprint density at radius 3 is 2.50 bits per heavy atom. The molecule has 9 heteroatoms. The number of hydrogen-bond acceptors (Lipinski definition) is 5. The molecule has 24 heavy (non-hydrogen) atoms. The second kappa shape index (κ2) is 6.81. The van der Waals surface area contributed by atoms with Crippen LogP contribution in [0.25, 0.3) is 0 Å². The molecule has 0 aliphatic carbocycles. The van der Waals surface area contributed by atoms with E-state index in [0.29, 0.717) is 18.4 Å². The van der Waals surface area contributed by atoms with Crippen LogP contribution < -0.4 is 0 Å². The van der Waals surface area contributed by atoms with Crippen molar-refractivity contribution in [2.24, 2.45) is 0 Å². The number of rotatable bonds is 5. The minimum atomic E-state index is -3.96. The van der Waals surface area contributed by atoms with E-state index in [9.17, 15) is 21.6 Å². The Labute approximate surface area is 142 Å². The maximum atomic E-state index is 13.0. The van der Waals surface area contributed by atoms with Crippen molar-refractivity contribution in [1.82, 2.24) is 4.31 Å². The van der Waals surface area contributed by atoms with E-state index in [1.807, 2.05) is 0 Å². The summed E-state index contributed by atoms with van der Waals surface area (Å²) in [4.78, 5) is 10.9. The third kappa shape index (κ3) is 3.96. The van der Waals surface area contributed by atoms with Gasteiger partial charge >= 0.3 is 5.97 Å². The average Bonchev–Trinajstić information content (AvgIpc) is 2.46. The molecule has 1 fully saturated rings. The van der Waals surface area contributed by atoms with Crippen LogP contribution in [0.4, 0.5) is 0 Å². The van der Waals surface area contributed by atoms with Gasteiger partial charge < -0.3 is 5.11 Å². The molecule has 1 aliphatic rings. The number of carbonyl (C=O) groups is 1. The van der Waals surface area contributed by atoms with Gasteiger partial charge in [-0.15, -0.1) is 0 Å². The van der Waals surface area contributed by atoms with E-state index in [1.54, 1.807) is 6.92 Å². The number of sulfonamides is 1. The van der Waals surface area contributed by atoms with E-state index in [1.165, 1.54) is 16.4 Å². The summed E-state index contributed by atoms with van der Waals surface area (Å²) >= 11 is 0. The van der Waals surface area contributed by atoms with Crippen LogP contribution in [0.1, 0.15) is 31.2 Å². The van der Waals surface area contributed by atoms with Crippen LogP contribution >= 0.6 is 0 Å². The summed E-state index contributed by atoms with van der Waals surface area (Å²) in [5, 5.41) is 9.02. The average molecular weight is 375 g/mol. The van der Waals surface area contributed by atoms with Crippen LogP contribution in [0.15, 0.2) is 28.0 Å². The number of aliphatic carboxylic acids is 1. The van der Waals surface area contributed by atoms with E-state index < -0.39 is 31.9 Å². The predicted octanol–water partition coefficient (Wildman–Crippen LogP) is 1.42. The second-order valence-electron chi connectivity index (χ2n) is 6.06. The van der Waals surface area contributed by atoms with Gasteiger partial charge in [-0.1, -0.05) is 12.5 Å². The molecule has 2 rings (SSSR count). The van der Waals surface area contributed by atoms with Crippen LogP contribution in [-0.4, -0.2) is 51.1 Å². The highest BCUT2D eigenvalue weighted by atomic mass is 32.2. The fourth-order valence-corrected chi connectivity index (χ4v) is 5.58. The van der Waals surface area contributed by atoms with Gasteiger partial charge in [0.25, 0.3) is 0 Å². The summed E-state index contributed by atoms with van der Waals surface area (Å²) < 4.78 is 50.7. The molecule has 134 valence electrons. The van der Waals surface area contributed by atoms with Gasteiger partial charge in [-0.2, -0.15) is 4.31 Å². The van der Waals surface area contributed by atoms with Gasteiger partial charge in [0.1, 0.15) is 0 Å². The first-order valence-electron chi connectivity index (χ1n) is 7.58. The molecule has 0 bridgehead atoms. The summed E-state index contributed by atoms with van der Waals surface area (Å²) in [6, 6.07) is 3.38. The Morgan fingerprint density at radius 2 is 1.92 bits per heavy atom. The second-order valence-corrected chi connectivity index (χ2v) is 9.94. The van der Waals surface area contributed by atoms with Crippen LogP contribution in [0, 0.1) is 6.92 Å². The Balaban J connectivity index is 2.50. The third-order valence-electron chi connectivity index (χ3n) is 4.16. The molecule has 1 aromatic carbocycles. The number of hydrogen-bond donors (Lipinski definition) is 1. The van der Waals surface area contributed by atoms with Crippen LogP contribution in [0.2, 0.25) is 0 Å². The number of nitrogens with zero attached hydrogens (tertiary/aromatic N) is 1. The number of sulfone groups is 1. The van der Waals surface area contributed by atoms with Crippen molar-refractivity contribution < 1.29 is 26.7 Å². The van der Waals surface area contributed by atoms with Gasteiger partial charge in [0.05, 0.1) is 16.2 Å². The van der Waals surface area contributed by atoms with Gasteiger partial charge in [-0.25, -0.2) is 16.8 Å². The van der Waals surface area contributed by atoms with Gasteiger partial charge in [0.15, 0.2) is 9.84 Å². The Bertz CT molecular complexity index is 845. The van der Waals surface area contributed by atoms with Crippen molar-refractivity contribution in [3.63, 3.8) is 0 Å². The zero-order chi connectivity index (χ0) is 18.1. The highest BCUT2D eigenvalue weighted by Crippen LogP contribution is 2.30. The lowest BCUT2D eigenvalue weighted by Gasteiger charge is -2.34. The molecule has 1 heterocycles. The zero-order valence-electron chi connectivity index (χ0n) is 13.6. The molecular weight excluding hydrogens is 354 g/mol. The van der Waals surface area contributed by atoms with Crippen molar-refractivity contribution in [3.8, 4) is 0 Å². The topological polar surface area (TPSA) is 109 Å². The first-order valence-corrected chi connectivity index (χ1v) is 10.9. The molecule has 1 aliphatic heterocycles. The molecule has 1 unspecified atom stereocenters. The minimum Gasteiger partial charge on any atom is -0.481 e. The first kappa shape index (κ1) is 18.9. The van der Waals surface area contributed by atoms with Gasteiger partial charge in [0, 0.05) is 18.8 Å². The molecule has 7 nitrogen and oxygen atoms in total. The van der Waals surface area contributed by atoms with Gasteiger partial charge in [-0.3, -0.25) is 4.79 Å². The molecule has 0 aromatic heterocycles. The van der Waals surface area contributed by atoms with Crippen molar-refractivity contribution >= 4 is 25.8 Å². The number of carboxylic acids is 1. The normalized spacial score (nSPS) is 20.0. The molecule has 0 spiro atoms. The number of benzene rings is 1. The standard InChI is InChI=1S/C15H21NO6S2/c1-11-6-7-13(23(2,19)20)10-14(11)24(21,22)16-8-4-3-5-12(16)9-15(17)18/h6-7,10,12H,3-5,8-9H2,1-2H3,(H,17,18). The van der Waals surface area contributed by atoms with Crippen molar-refractivity contribution in [2.75, 3.05) is 12.8 Å². The molecule has 0 saturated carbocycles. The lowest BCUT2D eigenvalue weighted by molar-refractivity contribution is -0.138. The molecule has 1 aromatic rings. The molecular formula is C15H21NO6S2. The fraction of sp³-hybridized carbons (Fsp3) is 0.533.